The molecule has 0 bridgehead atoms. The minimum Gasteiger partial charge on any atom is -0.476 e. The van der Waals surface area contributed by atoms with Crippen molar-refractivity contribution in [2.24, 2.45) is 5.41 Å². The molecular weight excluding hydrogens is 224 g/mol. The number of hydrogen-bond donors (Lipinski definition) is 2. The number of nitrogens with zero attached hydrogens (tertiary/aromatic N) is 1. The smallest absolute Gasteiger partial charge is 0.355 e. The molecule has 1 aromatic heterocycles. The second-order valence-corrected chi connectivity index (χ2v) is 5.57. The van der Waals surface area contributed by atoms with E-state index in [1.54, 1.807) is 5.38 Å². The Hall–Kier alpha value is -1.10. The minimum atomic E-state index is -0.962. The number of hydrogen-bond acceptors (Lipinski definition) is 4. The fraction of sp³-hybridized carbons (Fsp3) is 0.636. The van der Waals surface area contributed by atoms with Crippen LogP contribution < -0.4 is 5.32 Å². The van der Waals surface area contributed by atoms with Crippen molar-refractivity contribution in [3.05, 3.63) is 11.1 Å². The molecule has 5 heteroatoms. The van der Waals surface area contributed by atoms with Crippen LogP contribution in [-0.4, -0.2) is 22.6 Å². The number of anilines is 1. The Bertz CT molecular complexity index is 383. The van der Waals surface area contributed by atoms with Crippen molar-refractivity contribution in [3.63, 3.8) is 0 Å². The maximum atomic E-state index is 10.7. The van der Waals surface area contributed by atoms with Gasteiger partial charge in [-0.25, -0.2) is 9.78 Å². The standard InChI is InChI=1S/C11H16N2O2S/c1-11(4-2-3-5-11)7-12-10-13-8(6-16-10)9(14)15/h6H,2-5,7H2,1H3,(H,12,13)(H,14,15). The Morgan fingerprint density at radius 1 is 1.62 bits per heavy atom. The molecule has 1 saturated carbocycles. The third kappa shape index (κ3) is 2.52. The molecular formula is C11H16N2O2S. The highest BCUT2D eigenvalue weighted by molar-refractivity contribution is 7.13. The largest absolute Gasteiger partial charge is 0.476 e. The van der Waals surface area contributed by atoms with Crippen molar-refractivity contribution in [1.82, 2.24) is 4.98 Å². The Morgan fingerprint density at radius 3 is 2.88 bits per heavy atom. The van der Waals surface area contributed by atoms with Crippen molar-refractivity contribution in [3.8, 4) is 0 Å². The highest BCUT2D eigenvalue weighted by Crippen LogP contribution is 2.37. The number of carboxylic acids is 1. The van der Waals surface area contributed by atoms with Crippen molar-refractivity contribution in [1.29, 1.82) is 0 Å². The van der Waals surface area contributed by atoms with Crippen LogP contribution in [0.15, 0.2) is 5.38 Å². The first kappa shape index (κ1) is 11.4. The molecule has 16 heavy (non-hydrogen) atoms. The monoisotopic (exact) mass is 240 g/mol. The summed E-state index contributed by atoms with van der Waals surface area (Å²) in [6.07, 6.45) is 5.10. The highest BCUT2D eigenvalue weighted by atomic mass is 32.1. The van der Waals surface area contributed by atoms with Gasteiger partial charge in [0, 0.05) is 11.9 Å². The third-order valence-corrected chi connectivity index (χ3v) is 4.00. The van der Waals surface area contributed by atoms with Crippen LogP contribution in [0.5, 0.6) is 0 Å². The van der Waals surface area contributed by atoms with Crippen LogP contribution in [0.1, 0.15) is 43.1 Å². The summed E-state index contributed by atoms with van der Waals surface area (Å²) in [6, 6.07) is 0. The van der Waals surface area contributed by atoms with Crippen LogP contribution in [0.2, 0.25) is 0 Å². The quantitative estimate of drug-likeness (QED) is 0.849. The van der Waals surface area contributed by atoms with Gasteiger partial charge in [-0.05, 0) is 18.3 Å². The lowest BCUT2D eigenvalue weighted by Crippen LogP contribution is -2.22. The first-order valence-electron chi connectivity index (χ1n) is 5.52. The van der Waals surface area contributed by atoms with Gasteiger partial charge < -0.3 is 10.4 Å². The second kappa shape index (κ2) is 4.41. The summed E-state index contributed by atoms with van der Waals surface area (Å²) in [6.45, 7) is 3.16. The Balaban J connectivity index is 1.91. The summed E-state index contributed by atoms with van der Waals surface area (Å²) >= 11 is 1.36. The molecule has 2 rings (SSSR count). The topological polar surface area (TPSA) is 62.2 Å². The fourth-order valence-electron chi connectivity index (χ4n) is 2.15. The van der Waals surface area contributed by atoms with E-state index in [0.717, 1.165) is 6.54 Å². The van der Waals surface area contributed by atoms with E-state index in [1.807, 2.05) is 0 Å². The molecule has 88 valence electrons. The molecule has 0 saturated heterocycles. The average Bonchev–Trinajstić information content (AvgIpc) is 2.84. The van der Waals surface area contributed by atoms with Crippen LogP contribution in [0.25, 0.3) is 0 Å². The van der Waals surface area contributed by atoms with Gasteiger partial charge in [0.1, 0.15) is 0 Å². The van der Waals surface area contributed by atoms with Crippen LogP contribution in [-0.2, 0) is 0 Å². The van der Waals surface area contributed by atoms with Gasteiger partial charge in [-0.1, -0.05) is 19.8 Å². The van der Waals surface area contributed by atoms with E-state index in [0.29, 0.717) is 10.5 Å². The molecule has 2 N–H and O–H groups in total. The molecule has 0 radical (unpaired) electrons. The molecule has 0 aliphatic heterocycles. The van der Waals surface area contributed by atoms with Crippen LogP contribution in [0, 0.1) is 5.41 Å². The lowest BCUT2D eigenvalue weighted by molar-refractivity contribution is 0.0691. The van der Waals surface area contributed by atoms with Crippen molar-refractivity contribution in [2.75, 3.05) is 11.9 Å². The van der Waals surface area contributed by atoms with E-state index in [-0.39, 0.29) is 5.69 Å². The van der Waals surface area contributed by atoms with Crippen molar-refractivity contribution in [2.45, 2.75) is 32.6 Å². The zero-order chi connectivity index (χ0) is 11.6. The molecule has 4 nitrogen and oxygen atoms in total. The fourth-order valence-corrected chi connectivity index (χ4v) is 2.83. The van der Waals surface area contributed by atoms with Gasteiger partial charge in [0.15, 0.2) is 10.8 Å². The predicted octanol–water partition coefficient (Wildman–Crippen LogP) is 2.83. The average molecular weight is 240 g/mol. The first-order chi connectivity index (χ1) is 7.59. The van der Waals surface area contributed by atoms with Crippen molar-refractivity contribution >= 4 is 22.4 Å². The zero-order valence-corrected chi connectivity index (χ0v) is 10.1. The SMILES string of the molecule is CC1(CNc2nc(C(=O)O)cs2)CCCC1. The van der Waals surface area contributed by atoms with Gasteiger partial charge in [0.2, 0.25) is 0 Å². The predicted molar refractivity (Wildman–Crippen MR) is 64.1 cm³/mol. The van der Waals surface area contributed by atoms with Gasteiger partial charge >= 0.3 is 5.97 Å². The molecule has 1 aliphatic rings. The van der Waals surface area contributed by atoms with E-state index in [9.17, 15) is 4.79 Å². The summed E-state index contributed by atoms with van der Waals surface area (Å²) in [5.74, 6) is -0.962. The lowest BCUT2D eigenvalue weighted by Gasteiger charge is -2.23. The van der Waals surface area contributed by atoms with Crippen molar-refractivity contribution < 1.29 is 9.90 Å². The number of thiazole rings is 1. The number of carbonyl (C=O) groups is 1. The number of rotatable bonds is 4. The first-order valence-corrected chi connectivity index (χ1v) is 6.40. The van der Waals surface area contributed by atoms with Gasteiger partial charge in [-0.3, -0.25) is 0 Å². The second-order valence-electron chi connectivity index (χ2n) is 4.71. The number of aromatic nitrogens is 1. The van der Waals surface area contributed by atoms with Gasteiger partial charge in [0.25, 0.3) is 0 Å². The summed E-state index contributed by atoms with van der Waals surface area (Å²) in [7, 11) is 0. The molecule has 1 fully saturated rings. The van der Waals surface area contributed by atoms with E-state index in [4.69, 9.17) is 5.11 Å². The van der Waals surface area contributed by atoms with Gasteiger partial charge in [0.05, 0.1) is 0 Å². The highest BCUT2D eigenvalue weighted by Gasteiger charge is 2.28. The number of carboxylic acid groups (broad SMARTS) is 1. The molecule has 1 heterocycles. The molecule has 0 unspecified atom stereocenters. The Kier molecular flexibility index (Phi) is 3.14. The number of nitrogens with one attached hydrogen (secondary N) is 1. The van der Waals surface area contributed by atoms with Crippen LogP contribution in [0.4, 0.5) is 5.13 Å². The van der Waals surface area contributed by atoms with E-state index in [2.05, 4.69) is 17.2 Å². The summed E-state index contributed by atoms with van der Waals surface area (Å²) in [4.78, 5) is 14.7. The van der Waals surface area contributed by atoms with E-state index >= 15 is 0 Å². The Labute approximate surface area is 98.7 Å². The summed E-state index contributed by atoms with van der Waals surface area (Å²) in [5.41, 5.74) is 0.485. The molecule has 1 aliphatic carbocycles. The normalized spacial score (nSPS) is 18.6. The molecule has 0 aromatic carbocycles. The zero-order valence-electron chi connectivity index (χ0n) is 9.32. The molecule has 0 amide bonds. The summed E-state index contributed by atoms with van der Waals surface area (Å²) < 4.78 is 0. The third-order valence-electron chi connectivity index (χ3n) is 3.20. The Morgan fingerprint density at radius 2 is 2.31 bits per heavy atom. The molecule has 0 spiro atoms. The van der Waals surface area contributed by atoms with E-state index < -0.39 is 5.97 Å². The lowest BCUT2D eigenvalue weighted by atomic mass is 9.89. The van der Waals surface area contributed by atoms with Gasteiger partial charge in [-0.2, -0.15) is 0 Å². The maximum Gasteiger partial charge on any atom is 0.355 e. The van der Waals surface area contributed by atoms with Gasteiger partial charge in [-0.15, -0.1) is 11.3 Å². The molecule has 1 aromatic rings. The minimum absolute atomic E-state index is 0.129. The maximum absolute atomic E-state index is 10.7. The summed E-state index contributed by atoms with van der Waals surface area (Å²) in [5, 5.41) is 14.3. The van der Waals surface area contributed by atoms with Crippen LogP contribution >= 0.6 is 11.3 Å². The molecule has 0 atom stereocenters. The van der Waals surface area contributed by atoms with Crippen LogP contribution in [0.3, 0.4) is 0 Å². The number of aromatic carboxylic acids is 1. The van der Waals surface area contributed by atoms with E-state index in [1.165, 1.54) is 37.0 Å².